The summed E-state index contributed by atoms with van der Waals surface area (Å²) in [5.74, 6) is -2.13. The molecule has 1 fully saturated rings. The lowest BCUT2D eigenvalue weighted by Gasteiger charge is -2.09. The molecular weight excluding hydrogens is 330 g/mol. The average Bonchev–Trinajstić information content (AvgIpc) is 3.36. The number of carbonyl (C=O) groups is 1. The van der Waals surface area contributed by atoms with E-state index in [2.05, 4.69) is 5.32 Å². The highest BCUT2D eigenvalue weighted by molar-refractivity contribution is 5.95. The third-order valence-electron chi connectivity index (χ3n) is 4.28. The summed E-state index contributed by atoms with van der Waals surface area (Å²) in [6, 6.07) is 6.30. The van der Waals surface area contributed by atoms with Crippen LogP contribution in [0.25, 0.3) is 0 Å². The molecule has 3 rings (SSSR count). The lowest BCUT2D eigenvalue weighted by molar-refractivity contribution is -0.117. The molecule has 0 saturated heterocycles. The molecular formula is C18H18F2N2O3. The van der Waals surface area contributed by atoms with Crippen LogP contribution in [0.5, 0.6) is 0 Å². The van der Waals surface area contributed by atoms with E-state index in [1.54, 1.807) is 13.3 Å². The Morgan fingerprint density at radius 2 is 2.12 bits per heavy atom. The number of nitrogens with one attached hydrogen (secondary N) is 1. The molecule has 2 aromatic rings. The number of pyridine rings is 1. The van der Waals surface area contributed by atoms with E-state index in [1.165, 1.54) is 28.8 Å². The van der Waals surface area contributed by atoms with Crippen molar-refractivity contribution >= 4 is 11.6 Å². The maximum atomic E-state index is 13.8. The zero-order valence-corrected chi connectivity index (χ0v) is 13.7. The molecule has 0 aliphatic heterocycles. The summed E-state index contributed by atoms with van der Waals surface area (Å²) in [5.41, 5.74) is 0.658. The Kier molecular flexibility index (Phi) is 4.94. The molecule has 1 aromatic carbocycles. The third kappa shape index (κ3) is 3.93. The molecule has 5 nitrogen and oxygen atoms in total. The highest BCUT2D eigenvalue weighted by Crippen LogP contribution is 2.48. The Morgan fingerprint density at radius 3 is 2.84 bits per heavy atom. The van der Waals surface area contributed by atoms with Crippen molar-refractivity contribution in [1.82, 2.24) is 4.57 Å². The zero-order valence-electron chi connectivity index (χ0n) is 13.7. The van der Waals surface area contributed by atoms with E-state index in [0.29, 0.717) is 30.8 Å². The van der Waals surface area contributed by atoms with Crippen LogP contribution in [0.3, 0.4) is 0 Å². The van der Waals surface area contributed by atoms with Crippen molar-refractivity contribution in [3.05, 3.63) is 64.1 Å². The van der Waals surface area contributed by atoms with Gasteiger partial charge in [0.1, 0.15) is 11.6 Å². The number of halogens is 2. The van der Waals surface area contributed by atoms with E-state index in [4.69, 9.17) is 4.74 Å². The first-order valence-electron chi connectivity index (χ1n) is 7.95. The van der Waals surface area contributed by atoms with Gasteiger partial charge in [0.05, 0.1) is 12.3 Å². The molecule has 1 aliphatic rings. The fourth-order valence-electron chi connectivity index (χ4n) is 2.84. The van der Waals surface area contributed by atoms with Crippen molar-refractivity contribution in [3.63, 3.8) is 0 Å². The molecule has 1 heterocycles. The first-order valence-corrected chi connectivity index (χ1v) is 7.95. The first kappa shape index (κ1) is 17.3. The molecule has 132 valence electrons. The SMILES string of the molecule is COCCn1cc(NC(=O)C2CC2c2ccc(F)cc2F)ccc1=O. The number of methoxy groups -OCH3 is 1. The van der Waals surface area contributed by atoms with Crippen molar-refractivity contribution in [3.8, 4) is 0 Å². The van der Waals surface area contributed by atoms with Gasteiger partial charge < -0.3 is 14.6 Å². The van der Waals surface area contributed by atoms with Crippen LogP contribution in [-0.2, 0) is 16.1 Å². The minimum absolute atomic E-state index is 0.187. The van der Waals surface area contributed by atoms with Crippen molar-refractivity contribution < 1.29 is 18.3 Å². The Balaban J connectivity index is 1.66. The van der Waals surface area contributed by atoms with Gasteiger partial charge in [-0.05, 0) is 30.0 Å². The van der Waals surface area contributed by atoms with E-state index < -0.39 is 11.6 Å². The lowest BCUT2D eigenvalue weighted by atomic mass is 10.1. The van der Waals surface area contributed by atoms with Crippen LogP contribution < -0.4 is 10.9 Å². The molecule has 1 aliphatic carbocycles. The number of benzene rings is 1. The maximum absolute atomic E-state index is 13.8. The molecule has 2 unspecified atom stereocenters. The Labute approximate surface area is 143 Å². The van der Waals surface area contributed by atoms with Gasteiger partial charge in [-0.3, -0.25) is 9.59 Å². The monoisotopic (exact) mass is 348 g/mol. The van der Waals surface area contributed by atoms with Gasteiger partial charge in [0.25, 0.3) is 5.56 Å². The Hall–Kier alpha value is -2.54. The number of rotatable bonds is 6. The van der Waals surface area contributed by atoms with Crippen LogP contribution in [0.15, 0.2) is 41.3 Å². The Morgan fingerprint density at radius 1 is 1.32 bits per heavy atom. The quantitative estimate of drug-likeness (QED) is 0.873. The summed E-state index contributed by atoms with van der Waals surface area (Å²) in [6.07, 6.45) is 2.06. The number of anilines is 1. The molecule has 7 heteroatoms. The second-order valence-electron chi connectivity index (χ2n) is 6.05. The molecule has 0 spiro atoms. The van der Waals surface area contributed by atoms with Crippen molar-refractivity contribution in [1.29, 1.82) is 0 Å². The first-order chi connectivity index (χ1) is 12.0. The van der Waals surface area contributed by atoms with Crippen LogP contribution in [0, 0.1) is 17.6 Å². The van der Waals surface area contributed by atoms with E-state index >= 15 is 0 Å². The zero-order chi connectivity index (χ0) is 18.0. The Bertz CT molecular complexity index is 850. The smallest absolute Gasteiger partial charge is 0.250 e. The van der Waals surface area contributed by atoms with Gasteiger partial charge in [-0.15, -0.1) is 0 Å². The van der Waals surface area contributed by atoms with Crippen LogP contribution in [-0.4, -0.2) is 24.2 Å². The van der Waals surface area contributed by atoms with Gasteiger partial charge >= 0.3 is 0 Å². The number of carbonyl (C=O) groups excluding carboxylic acids is 1. The molecule has 0 bridgehead atoms. The number of aromatic nitrogens is 1. The maximum Gasteiger partial charge on any atom is 0.250 e. The fourth-order valence-corrected chi connectivity index (χ4v) is 2.84. The van der Waals surface area contributed by atoms with Gasteiger partial charge in [0, 0.05) is 37.9 Å². The van der Waals surface area contributed by atoms with Gasteiger partial charge in [-0.25, -0.2) is 8.78 Å². The van der Waals surface area contributed by atoms with Crippen LogP contribution >= 0.6 is 0 Å². The summed E-state index contributed by atoms with van der Waals surface area (Å²) >= 11 is 0. The fraction of sp³-hybridized carbons (Fsp3) is 0.333. The average molecular weight is 348 g/mol. The molecule has 2 atom stereocenters. The molecule has 1 N–H and O–H groups in total. The molecule has 1 saturated carbocycles. The largest absolute Gasteiger partial charge is 0.383 e. The number of hydrogen-bond acceptors (Lipinski definition) is 3. The summed E-state index contributed by atoms with van der Waals surface area (Å²) < 4.78 is 33.2. The van der Waals surface area contributed by atoms with Crippen LogP contribution in [0.2, 0.25) is 0 Å². The van der Waals surface area contributed by atoms with Crippen LogP contribution in [0.4, 0.5) is 14.5 Å². The minimum atomic E-state index is -0.638. The summed E-state index contributed by atoms with van der Waals surface area (Å²) in [6.45, 7) is 0.762. The second kappa shape index (κ2) is 7.14. The second-order valence-corrected chi connectivity index (χ2v) is 6.05. The third-order valence-corrected chi connectivity index (χ3v) is 4.28. The molecule has 1 amide bonds. The summed E-state index contributed by atoms with van der Waals surface area (Å²) in [5, 5.41) is 2.74. The van der Waals surface area contributed by atoms with E-state index in [-0.39, 0.29) is 23.3 Å². The number of nitrogens with zero attached hydrogens (tertiary/aromatic N) is 1. The topological polar surface area (TPSA) is 60.3 Å². The summed E-state index contributed by atoms with van der Waals surface area (Å²) in [4.78, 5) is 24.1. The standard InChI is InChI=1S/C18H18F2N2O3/c1-25-7-6-22-10-12(3-5-17(22)23)21-18(24)15-9-14(15)13-4-2-11(19)8-16(13)20/h2-5,8,10,14-15H,6-7,9H2,1H3,(H,21,24). The predicted octanol–water partition coefficient (Wildman–Crippen LogP) is 2.52. The van der Waals surface area contributed by atoms with Crippen molar-refractivity contribution in [2.45, 2.75) is 18.9 Å². The number of hydrogen-bond donors (Lipinski definition) is 1. The normalized spacial score (nSPS) is 18.8. The van der Waals surface area contributed by atoms with Crippen molar-refractivity contribution in [2.75, 3.05) is 19.0 Å². The van der Waals surface area contributed by atoms with E-state index in [1.807, 2.05) is 0 Å². The van der Waals surface area contributed by atoms with E-state index in [0.717, 1.165) is 6.07 Å². The summed E-state index contributed by atoms with van der Waals surface area (Å²) in [7, 11) is 1.54. The highest BCUT2D eigenvalue weighted by Gasteiger charge is 2.45. The minimum Gasteiger partial charge on any atom is -0.383 e. The van der Waals surface area contributed by atoms with Crippen LogP contribution in [0.1, 0.15) is 17.9 Å². The molecule has 1 aromatic heterocycles. The van der Waals surface area contributed by atoms with E-state index in [9.17, 15) is 18.4 Å². The lowest BCUT2D eigenvalue weighted by Crippen LogP contribution is -2.22. The number of amides is 1. The molecule has 0 radical (unpaired) electrons. The van der Waals surface area contributed by atoms with Gasteiger partial charge in [-0.1, -0.05) is 6.07 Å². The predicted molar refractivity (Wildman–Crippen MR) is 88.4 cm³/mol. The van der Waals surface area contributed by atoms with Gasteiger partial charge in [0.2, 0.25) is 5.91 Å². The van der Waals surface area contributed by atoms with Gasteiger partial charge in [-0.2, -0.15) is 0 Å². The highest BCUT2D eigenvalue weighted by atomic mass is 19.1. The van der Waals surface area contributed by atoms with Gasteiger partial charge in [0.15, 0.2) is 0 Å². The van der Waals surface area contributed by atoms with Crippen molar-refractivity contribution in [2.24, 2.45) is 5.92 Å². The molecule has 25 heavy (non-hydrogen) atoms. The number of ether oxygens (including phenoxy) is 1.